The molecule has 1 aromatic rings. The van der Waals surface area contributed by atoms with Crippen molar-refractivity contribution in [3.05, 3.63) is 35.9 Å². The number of amides is 1. The quantitative estimate of drug-likeness (QED) is 0.800. The Morgan fingerprint density at radius 3 is 2.71 bits per heavy atom. The topological polar surface area (TPSA) is 60.8 Å². The zero-order valence-corrected chi connectivity index (χ0v) is 9.62. The predicted molar refractivity (Wildman–Crippen MR) is 63.1 cm³/mol. The number of hydrogen-bond acceptors (Lipinski definition) is 3. The van der Waals surface area contributed by atoms with Crippen LogP contribution in [0.2, 0.25) is 0 Å². The first-order valence-corrected chi connectivity index (χ1v) is 5.84. The minimum absolute atomic E-state index is 0.0475. The highest BCUT2D eigenvalue weighted by Crippen LogP contribution is 2.23. The highest BCUT2D eigenvalue weighted by molar-refractivity contribution is 5.78. The maximum absolute atomic E-state index is 11.7. The van der Waals surface area contributed by atoms with E-state index in [-0.39, 0.29) is 18.6 Å². The molecule has 0 bridgehead atoms. The number of carbonyl (C=O) groups is 1. The third-order valence-electron chi connectivity index (χ3n) is 3.20. The van der Waals surface area contributed by atoms with Crippen molar-refractivity contribution in [3.63, 3.8) is 0 Å². The van der Waals surface area contributed by atoms with Crippen LogP contribution >= 0.6 is 0 Å². The fourth-order valence-corrected chi connectivity index (χ4v) is 2.26. The van der Waals surface area contributed by atoms with Crippen LogP contribution in [0.4, 0.5) is 0 Å². The molecule has 17 heavy (non-hydrogen) atoms. The molecule has 0 aromatic heterocycles. The molecule has 1 aromatic carbocycles. The van der Waals surface area contributed by atoms with Crippen molar-refractivity contribution >= 4 is 5.91 Å². The predicted octanol–water partition coefficient (Wildman–Crippen LogP) is 0.531. The number of hydrogen-bond donors (Lipinski definition) is 2. The van der Waals surface area contributed by atoms with Gasteiger partial charge in [-0.15, -0.1) is 0 Å². The third kappa shape index (κ3) is 2.65. The fraction of sp³-hybridized carbons (Fsp3) is 0.462. The summed E-state index contributed by atoms with van der Waals surface area (Å²) in [4.78, 5) is 13.4. The van der Waals surface area contributed by atoms with E-state index in [1.54, 1.807) is 4.90 Å². The van der Waals surface area contributed by atoms with E-state index in [1.807, 2.05) is 30.3 Å². The molecule has 1 fully saturated rings. The lowest BCUT2D eigenvalue weighted by Gasteiger charge is -2.27. The number of aliphatic hydroxyl groups is 2. The molecule has 1 aliphatic heterocycles. The Kier molecular flexibility index (Phi) is 3.76. The van der Waals surface area contributed by atoms with Crippen LogP contribution < -0.4 is 0 Å². The molecule has 2 N–H and O–H groups in total. The number of benzene rings is 1. The maximum atomic E-state index is 11.7. The molecule has 4 heteroatoms. The van der Waals surface area contributed by atoms with Crippen LogP contribution in [0.15, 0.2) is 30.3 Å². The molecule has 0 unspecified atom stereocenters. The molecular weight excluding hydrogens is 218 g/mol. The first kappa shape index (κ1) is 12.1. The Hall–Kier alpha value is -1.39. The van der Waals surface area contributed by atoms with Crippen molar-refractivity contribution in [2.45, 2.75) is 31.5 Å². The Labute approximate surface area is 100 Å². The monoisotopic (exact) mass is 235 g/mol. The van der Waals surface area contributed by atoms with Crippen LogP contribution in [0.5, 0.6) is 0 Å². The Bertz CT molecular complexity index is 380. The van der Waals surface area contributed by atoms with Gasteiger partial charge in [0.1, 0.15) is 0 Å². The first-order chi connectivity index (χ1) is 8.22. The Morgan fingerprint density at radius 2 is 2.06 bits per heavy atom. The average Bonchev–Trinajstić information content (AvgIpc) is 2.72. The molecule has 0 aliphatic carbocycles. The summed E-state index contributed by atoms with van der Waals surface area (Å²) in [6, 6.07) is 9.42. The lowest BCUT2D eigenvalue weighted by molar-refractivity contribution is -0.131. The summed E-state index contributed by atoms with van der Waals surface area (Å²) in [7, 11) is 0. The van der Waals surface area contributed by atoms with Gasteiger partial charge in [0, 0.05) is 13.0 Å². The van der Waals surface area contributed by atoms with Gasteiger partial charge in [0.15, 0.2) is 0 Å². The van der Waals surface area contributed by atoms with Crippen LogP contribution in [-0.2, 0) is 11.3 Å². The van der Waals surface area contributed by atoms with Crippen LogP contribution in [0, 0.1) is 0 Å². The van der Waals surface area contributed by atoms with Gasteiger partial charge in [0.25, 0.3) is 0 Å². The summed E-state index contributed by atoms with van der Waals surface area (Å²) in [6.45, 7) is 0.199. The number of likely N-dealkylation sites (tertiary alicyclic amines) is 1. The molecule has 2 atom stereocenters. The molecule has 92 valence electrons. The van der Waals surface area contributed by atoms with Gasteiger partial charge in [0.05, 0.1) is 18.8 Å². The minimum Gasteiger partial charge on any atom is -0.394 e. The normalized spacial score (nSPS) is 21.9. The van der Waals surface area contributed by atoms with E-state index in [1.165, 1.54) is 0 Å². The molecule has 0 saturated carbocycles. The van der Waals surface area contributed by atoms with Gasteiger partial charge in [-0.2, -0.15) is 0 Å². The lowest BCUT2D eigenvalue weighted by atomic mass is 10.1. The molecule has 1 saturated heterocycles. The highest BCUT2D eigenvalue weighted by Gasteiger charge is 2.35. The van der Waals surface area contributed by atoms with Crippen LogP contribution in [0.1, 0.15) is 18.4 Å². The standard InChI is InChI=1S/C13H17NO3/c15-9-12(16)11-6-7-13(17)14(11)8-10-4-2-1-3-5-10/h1-5,11-12,15-16H,6-9H2/t11-,12-/m0/s1. The Morgan fingerprint density at radius 1 is 1.35 bits per heavy atom. The summed E-state index contributed by atoms with van der Waals surface area (Å²) in [5, 5.41) is 18.7. The van der Waals surface area contributed by atoms with Crippen LogP contribution in [0.3, 0.4) is 0 Å². The second-order valence-electron chi connectivity index (χ2n) is 4.36. The smallest absolute Gasteiger partial charge is 0.223 e. The van der Waals surface area contributed by atoms with Crippen LogP contribution in [-0.4, -0.2) is 39.8 Å². The van der Waals surface area contributed by atoms with Crippen molar-refractivity contribution in [3.8, 4) is 0 Å². The van der Waals surface area contributed by atoms with E-state index in [2.05, 4.69) is 0 Å². The van der Waals surface area contributed by atoms with E-state index in [0.29, 0.717) is 19.4 Å². The second kappa shape index (κ2) is 5.29. The summed E-state index contributed by atoms with van der Waals surface area (Å²) in [5.74, 6) is 0.0475. The van der Waals surface area contributed by atoms with E-state index < -0.39 is 6.10 Å². The molecule has 4 nitrogen and oxygen atoms in total. The zero-order chi connectivity index (χ0) is 12.3. The molecule has 1 amide bonds. The van der Waals surface area contributed by atoms with Crippen molar-refractivity contribution < 1.29 is 15.0 Å². The number of aliphatic hydroxyl groups excluding tert-OH is 2. The summed E-state index contributed by atoms with van der Waals surface area (Å²) < 4.78 is 0. The molecule has 1 aliphatic rings. The third-order valence-corrected chi connectivity index (χ3v) is 3.20. The van der Waals surface area contributed by atoms with Crippen molar-refractivity contribution in [1.29, 1.82) is 0 Å². The molecule has 2 rings (SSSR count). The fourth-order valence-electron chi connectivity index (χ4n) is 2.26. The van der Waals surface area contributed by atoms with E-state index in [9.17, 15) is 9.90 Å². The zero-order valence-electron chi connectivity index (χ0n) is 9.62. The van der Waals surface area contributed by atoms with Gasteiger partial charge in [-0.05, 0) is 12.0 Å². The Balaban J connectivity index is 2.09. The number of carbonyl (C=O) groups excluding carboxylic acids is 1. The summed E-state index contributed by atoms with van der Waals surface area (Å²) in [5.41, 5.74) is 1.04. The maximum Gasteiger partial charge on any atom is 0.223 e. The average molecular weight is 235 g/mol. The van der Waals surface area contributed by atoms with E-state index >= 15 is 0 Å². The SMILES string of the molecule is O=C1CC[C@@H]([C@@H](O)CO)N1Cc1ccccc1. The van der Waals surface area contributed by atoms with Gasteiger partial charge < -0.3 is 15.1 Å². The van der Waals surface area contributed by atoms with E-state index in [4.69, 9.17) is 5.11 Å². The van der Waals surface area contributed by atoms with Crippen molar-refractivity contribution in [1.82, 2.24) is 4.90 Å². The first-order valence-electron chi connectivity index (χ1n) is 5.84. The molecule has 0 radical (unpaired) electrons. The van der Waals surface area contributed by atoms with Crippen molar-refractivity contribution in [2.24, 2.45) is 0 Å². The number of nitrogens with zero attached hydrogens (tertiary/aromatic N) is 1. The largest absolute Gasteiger partial charge is 0.394 e. The second-order valence-corrected chi connectivity index (χ2v) is 4.36. The molecule has 1 heterocycles. The molecule has 0 spiro atoms. The number of rotatable bonds is 4. The lowest BCUT2D eigenvalue weighted by Crippen LogP contribution is -2.42. The van der Waals surface area contributed by atoms with E-state index in [0.717, 1.165) is 5.56 Å². The van der Waals surface area contributed by atoms with Crippen molar-refractivity contribution in [2.75, 3.05) is 6.61 Å². The highest BCUT2D eigenvalue weighted by atomic mass is 16.3. The summed E-state index contributed by atoms with van der Waals surface area (Å²) in [6.07, 6.45) is 0.229. The van der Waals surface area contributed by atoms with Gasteiger partial charge in [-0.3, -0.25) is 4.79 Å². The summed E-state index contributed by atoms with van der Waals surface area (Å²) >= 11 is 0. The van der Waals surface area contributed by atoms with Gasteiger partial charge in [0.2, 0.25) is 5.91 Å². The van der Waals surface area contributed by atoms with Gasteiger partial charge in [-0.1, -0.05) is 30.3 Å². The van der Waals surface area contributed by atoms with Crippen LogP contribution in [0.25, 0.3) is 0 Å². The van der Waals surface area contributed by atoms with Gasteiger partial charge in [-0.25, -0.2) is 0 Å². The molecular formula is C13H17NO3. The minimum atomic E-state index is -0.842. The van der Waals surface area contributed by atoms with Gasteiger partial charge >= 0.3 is 0 Å².